The Labute approximate surface area is 184 Å². The summed E-state index contributed by atoms with van der Waals surface area (Å²) in [5.41, 5.74) is 1.90. The van der Waals surface area contributed by atoms with E-state index in [2.05, 4.69) is 5.32 Å². The highest BCUT2D eigenvalue weighted by atomic mass is 19.2. The minimum absolute atomic E-state index is 0.00392. The zero-order valence-electron chi connectivity index (χ0n) is 17.0. The third-order valence-electron chi connectivity index (χ3n) is 5.99. The average molecular weight is 435 g/mol. The topological polar surface area (TPSA) is 67.8 Å². The van der Waals surface area contributed by atoms with E-state index in [1.54, 1.807) is 0 Å². The van der Waals surface area contributed by atoms with Crippen molar-refractivity contribution in [3.05, 3.63) is 101 Å². The van der Waals surface area contributed by atoms with E-state index in [1.165, 1.54) is 6.07 Å². The second-order valence-electron chi connectivity index (χ2n) is 7.97. The van der Waals surface area contributed by atoms with Crippen molar-refractivity contribution in [1.82, 2.24) is 5.32 Å². The molecule has 1 saturated heterocycles. The summed E-state index contributed by atoms with van der Waals surface area (Å²) in [5, 5.41) is 13.2. The van der Waals surface area contributed by atoms with Gasteiger partial charge in [0.2, 0.25) is 0 Å². The quantitative estimate of drug-likeness (QED) is 0.488. The van der Waals surface area contributed by atoms with Crippen molar-refractivity contribution in [3.8, 4) is 0 Å². The molecule has 2 heterocycles. The molecule has 32 heavy (non-hydrogen) atoms. The van der Waals surface area contributed by atoms with E-state index < -0.39 is 36.9 Å². The SMILES string of the molecule is O=C1O[C@H](c2ccccc2)[C@H](c2ccccc2)N[C@H]1Cc1cc2c(c(F)c1F)COB2O. The molecule has 0 spiro atoms. The van der Waals surface area contributed by atoms with E-state index in [-0.39, 0.29) is 35.7 Å². The van der Waals surface area contributed by atoms with E-state index in [0.717, 1.165) is 11.1 Å². The van der Waals surface area contributed by atoms with E-state index in [4.69, 9.17) is 9.39 Å². The molecule has 0 amide bonds. The maximum Gasteiger partial charge on any atom is 0.491 e. The first-order valence-electron chi connectivity index (χ1n) is 10.4. The Morgan fingerprint density at radius 1 is 1.00 bits per heavy atom. The molecule has 1 fully saturated rings. The van der Waals surface area contributed by atoms with Crippen LogP contribution in [0, 0.1) is 11.6 Å². The Bertz CT molecular complexity index is 1150. The summed E-state index contributed by atoms with van der Waals surface area (Å²) in [6, 6.07) is 19.0. The number of esters is 1. The first-order valence-corrected chi connectivity index (χ1v) is 10.4. The van der Waals surface area contributed by atoms with Gasteiger partial charge in [0.1, 0.15) is 12.1 Å². The van der Waals surface area contributed by atoms with Crippen molar-refractivity contribution in [2.45, 2.75) is 31.2 Å². The van der Waals surface area contributed by atoms with E-state index >= 15 is 0 Å². The highest BCUT2D eigenvalue weighted by molar-refractivity contribution is 6.61. The second kappa shape index (κ2) is 8.46. The molecule has 0 radical (unpaired) electrons. The van der Waals surface area contributed by atoms with Crippen LogP contribution in [0.2, 0.25) is 0 Å². The largest absolute Gasteiger partial charge is 0.491 e. The molecule has 0 saturated carbocycles. The van der Waals surface area contributed by atoms with Crippen LogP contribution < -0.4 is 10.8 Å². The Kier molecular flexibility index (Phi) is 5.51. The van der Waals surface area contributed by atoms with Crippen LogP contribution >= 0.6 is 0 Å². The molecule has 0 aliphatic carbocycles. The molecule has 2 N–H and O–H groups in total. The van der Waals surface area contributed by atoms with Gasteiger partial charge in [-0.1, -0.05) is 66.7 Å². The monoisotopic (exact) mass is 435 g/mol. The van der Waals surface area contributed by atoms with Crippen LogP contribution in [0.15, 0.2) is 66.7 Å². The Morgan fingerprint density at radius 3 is 2.34 bits per heavy atom. The fraction of sp³-hybridized carbons (Fsp3) is 0.208. The van der Waals surface area contributed by atoms with Gasteiger partial charge >= 0.3 is 13.1 Å². The van der Waals surface area contributed by atoms with Crippen LogP contribution in [0.25, 0.3) is 0 Å². The lowest BCUT2D eigenvalue weighted by molar-refractivity contribution is -0.160. The van der Waals surface area contributed by atoms with Gasteiger partial charge in [-0.3, -0.25) is 10.1 Å². The molecule has 0 aromatic heterocycles. The minimum Gasteiger partial charge on any atom is -0.454 e. The van der Waals surface area contributed by atoms with Gasteiger partial charge in [0.25, 0.3) is 0 Å². The van der Waals surface area contributed by atoms with Crippen LogP contribution in [0.1, 0.15) is 34.4 Å². The standard InChI is InChI=1S/C24H20BF2NO4/c26-20-16(11-18-17(21(20)27)13-31-25(18)30)12-19-24(29)32-23(15-9-5-2-6-10-15)22(28-19)14-7-3-1-4-8-14/h1-11,19,22-23,28,30H,12-13H2/t19-,22-,23+/m0/s1. The van der Waals surface area contributed by atoms with Crippen molar-refractivity contribution in [1.29, 1.82) is 0 Å². The molecule has 8 heteroatoms. The number of ether oxygens (including phenoxy) is 1. The maximum atomic E-state index is 14.7. The summed E-state index contributed by atoms with van der Waals surface area (Å²) in [5.74, 6) is -2.65. The molecule has 3 aromatic rings. The van der Waals surface area contributed by atoms with Crippen LogP contribution in [-0.4, -0.2) is 24.2 Å². The van der Waals surface area contributed by atoms with Gasteiger partial charge in [-0.15, -0.1) is 0 Å². The molecule has 5 nitrogen and oxygen atoms in total. The summed E-state index contributed by atoms with van der Waals surface area (Å²) >= 11 is 0. The molecule has 0 bridgehead atoms. The number of carbonyl (C=O) groups is 1. The van der Waals surface area contributed by atoms with Crippen molar-refractivity contribution in [2.24, 2.45) is 0 Å². The number of rotatable bonds is 4. The van der Waals surface area contributed by atoms with Gasteiger partial charge in [-0.2, -0.15) is 0 Å². The van der Waals surface area contributed by atoms with Gasteiger partial charge in [0, 0.05) is 12.0 Å². The number of halogens is 2. The van der Waals surface area contributed by atoms with Gasteiger partial charge in [0.05, 0.1) is 12.6 Å². The Hall–Kier alpha value is -3.07. The molecule has 5 rings (SSSR count). The summed E-state index contributed by atoms with van der Waals surface area (Å²) in [6.07, 6.45) is -0.703. The number of fused-ring (bicyclic) bond motifs is 1. The number of hydrogen-bond acceptors (Lipinski definition) is 5. The van der Waals surface area contributed by atoms with Crippen LogP contribution in [0.5, 0.6) is 0 Å². The van der Waals surface area contributed by atoms with Gasteiger partial charge in [-0.25, -0.2) is 8.78 Å². The van der Waals surface area contributed by atoms with Crippen molar-refractivity contribution in [2.75, 3.05) is 0 Å². The fourth-order valence-electron chi connectivity index (χ4n) is 4.35. The number of benzene rings is 3. The molecule has 2 aliphatic rings. The van der Waals surface area contributed by atoms with Gasteiger partial charge in [0.15, 0.2) is 11.6 Å². The average Bonchev–Trinajstić information content (AvgIpc) is 3.20. The van der Waals surface area contributed by atoms with Crippen molar-refractivity contribution < 1.29 is 28.0 Å². The first-order chi connectivity index (χ1) is 15.5. The molecular weight excluding hydrogens is 415 g/mol. The fourth-order valence-corrected chi connectivity index (χ4v) is 4.35. The smallest absolute Gasteiger partial charge is 0.454 e. The summed E-state index contributed by atoms with van der Waals surface area (Å²) < 4.78 is 40.1. The number of hydrogen-bond donors (Lipinski definition) is 2. The third kappa shape index (κ3) is 3.70. The lowest BCUT2D eigenvalue weighted by Gasteiger charge is -2.37. The first kappa shape index (κ1) is 20.8. The van der Waals surface area contributed by atoms with E-state index in [0.29, 0.717) is 0 Å². The number of carbonyl (C=O) groups excluding carboxylic acids is 1. The molecular formula is C24H20BF2NO4. The second-order valence-corrected chi connectivity index (χ2v) is 7.97. The predicted molar refractivity (Wildman–Crippen MR) is 114 cm³/mol. The zero-order chi connectivity index (χ0) is 22.2. The zero-order valence-corrected chi connectivity index (χ0v) is 17.0. The lowest BCUT2D eigenvalue weighted by atomic mass is 9.78. The molecule has 162 valence electrons. The molecule has 3 aromatic carbocycles. The minimum atomic E-state index is -1.32. The number of morpholine rings is 1. The van der Waals surface area contributed by atoms with Crippen LogP contribution in [-0.2, 0) is 27.2 Å². The van der Waals surface area contributed by atoms with Crippen LogP contribution in [0.4, 0.5) is 8.78 Å². The Morgan fingerprint density at radius 2 is 1.66 bits per heavy atom. The third-order valence-corrected chi connectivity index (χ3v) is 5.99. The van der Waals surface area contributed by atoms with Crippen LogP contribution in [0.3, 0.4) is 0 Å². The maximum absolute atomic E-state index is 14.7. The lowest BCUT2D eigenvalue weighted by Crippen LogP contribution is -2.50. The number of nitrogens with one attached hydrogen (secondary N) is 1. The normalized spacial score (nSPS) is 22.5. The number of cyclic esters (lactones) is 1. The summed E-state index contributed by atoms with van der Waals surface area (Å²) in [7, 11) is -1.32. The highest BCUT2D eigenvalue weighted by Crippen LogP contribution is 2.36. The molecule has 3 atom stereocenters. The molecule has 0 unspecified atom stereocenters. The van der Waals surface area contributed by atoms with Gasteiger partial charge < -0.3 is 14.4 Å². The highest BCUT2D eigenvalue weighted by Gasteiger charge is 2.40. The predicted octanol–water partition coefficient (Wildman–Crippen LogP) is 2.72. The van der Waals surface area contributed by atoms with E-state index in [1.807, 2.05) is 60.7 Å². The molecule has 2 aliphatic heterocycles. The summed E-state index contributed by atoms with van der Waals surface area (Å²) in [4.78, 5) is 12.9. The van der Waals surface area contributed by atoms with Crippen molar-refractivity contribution in [3.63, 3.8) is 0 Å². The summed E-state index contributed by atoms with van der Waals surface area (Å²) in [6.45, 7) is -0.196. The Balaban J connectivity index is 1.47. The van der Waals surface area contributed by atoms with Gasteiger partial charge in [-0.05, 0) is 22.2 Å². The van der Waals surface area contributed by atoms with Crippen molar-refractivity contribution >= 4 is 18.6 Å². The van der Waals surface area contributed by atoms with E-state index in [9.17, 15) is 18.6 Å².